The molecule has 0 amide bonds. The van der Waals surface area contributed by atoms with Gasteiger partial charge in [0.1, 0.15) is 5.75 Å². The minimum absolute atomic E-state index is 0.00502. The predicted octanol–water partition coefficient (Wildman–Crippen LogP) is 2.48. The number of nitrogens with zero attached hydrogens (tertiary/aromatic N) is 2. The summed E-state index contributed by atoms with van der Waals surface area (Å²) in [6, 6.07) is 7.07. The van der Waals surface area contributed by atoms with Crippen molar-refractivity contribution in [2.45, 2.75) is 25.9 Å². The third kappa shape index (κ3) is 3.08. The van der Waals surface area contributed by atoms with E-state index < -0.39 is 12.1 Å². The summed E-state index contributed by atoms with van der Waals surface area (Å²) in [6.45, 7) is 1.47. The molecule has 0 bridgehead atoms. The number of hydrogen-bond acceptors (Lipinski definition) is 4. The maximum absolute atomic E-state index is 12.6. The monoisotopic (exact) mass is 326 g/mol. The van der Waals surface area contributed by atoms with E-state index in [1.807, 2.05) is 19.2 Å². The van der Waals surface area contributed by atoms with E-state index in [1.165, 1.54) is 6.92 Å². The first kappa shape index (κ1) is 16.0. The Morgan fingerprint density at radius 1 is 1.42 bits per heavy atom. The second-order valence-corrected chi connectivity index (χ2v) is 5.80. The van der Waals surface area contributed by atoms with Crippen LogP contribution in [0, 0.1) is 0 Å². The number of hydrogen-bond donors (Lipinski definition) is 1. The van der Waals surface area contributed by atoms with Crippen LogP contribution in [0.1, 0.15) is 35.0 Å². The normalized spacial score (nSPS) is 16.8. The van der Waals surface area contributed by atoms with E-state index >= 15 is 0 Å². The lowest BCUT2D eigenvalue weighted by Gasteiger charge is -2.15. The molecule has 24 heavy (non-hydrogen) atoms. The molecule has 124 valence electrons. The van der Waals surface area contributed by atoms with Crippen LogP contribution in [0.4, 0.5) is 0 Å². The molecule has 6 nitrogen and oxygen atoms in total. The van der Waals surface area contributed by atoms with Crippen LogP contribution in [0.5, 0.6) is 5.75 Å². The summed E-state index contributed by atoms with van der Waals surface area (Å²) in [5, 5.41) is 13.1. The number of aliphatic carboxylic acids is 1. The molecule has 0 unspecified atom stereocenters. The fourth-order valence-electron chi connectivity index (χ4n) is 2.76. The number of rotatable bonds is 4. The summed E-state index contributed by atoms with van der Waals surface area (Å²) in [7, 11) is 1.84. The second-order valence-electron chi connectivity index (χ2n) is 5.80. The zero-order valence-corrected chi connectivity index (χ0v) is 13.5. The number of carboxylic acid groups (broad SMARTS) is 1. The molecule has 0 radical (unpaired) electrons. The molecule has 1 aromatic carbocycles. The molecule has 2 aromatic rings. The van der Waals surface area contributed by atoms with Crippen molar-refractivity contribution in [3.05, 3.63) is 52.9 Å². The van der Waals surface area contributed by atoms with Gasteiger partial charge in [0.05, 0.1) is 11.8 Å². The minimum Gasteiger partial charge on any atom is -0.479 e. The van der Waals surface area contributed by atoms with Gasteiger partial charge in [-0.2, -0.15) is 5.10 Å². The Morgan fingerprint density at radius 2 is 2.21 bits per heavy atom. The van der Waals surface area contributed by atoms with Gasteiger partial charge in [-0.1, -0.05) is 12.1 Å². The lowest BCUT2D eigenvalue weighted by molar-refractivity contribution is -0.144. The van der Waals surface area contributed by atoms with Crippen LogP contribution in [0.3, 0.4) is 0 Å². The van der Waals surface area contributed by atoms with Gasteiger partial charge in [-0.15, -0.1) is 0 Å². The Labute approximate surface area is 139 Å². The Morgan fingerprint density at radius 3 is 2.96 bits per heavy atom. The van der Waals surface area contributed by atoms with Crippen molar-refractivity contribution in [3.8, 4) is 5.75 Å². The average molecular weight is 326 g/mol. The number of carbonyl (C=O) groups excluding carboxylic acids is 1. The Bertz CT molecular complexity index is 835. The molecule has 0 saturated carbocycles. The average Bonchev–Trinajstić information content (AvgIpc) is 2.92. The lowest BCUT2D eigenvalue weighted by atomic mass is 9.90. The number of allylic oxidation sites excluding steroid dienone is 1. The Hall–Kier alpha value is -2.89. The molecule has 1 N–H and O–H groups in total. The van der Waals surface area contributed by atoms with Crippen LogP contribution in [-0.4, -0.2) is 32.7 Å². The van der Waals surface area contributed by atoms with Crippen molar-refractivity contribution in [1.82, 2.24) is 9.78 Å². The van der Waals surface area contributed by atoms with Gasteiger partial charge in [0.15, 0.2) is 11.9 Å². The van der Waals surface area contributed by atoms with Crippen LogP contribution >= 0.6 is 0 Å². The van der Waals surface area contributed by atoms with E-state index in [-0.39, 0.29) is 5.78 Å². The van der Waals surface area contributed by atoms with Gasteiger partial charge >= 0.3 is 5.97 Å². The zero-order valence-electron chi connectivity index (χ0n) is 13.5. The van der Waals surface area contributed by atoms with Crippen LogP contribution < -0.4 is 4.74 Å². The smallest absolute Gasteiger partial charge is 0.344 e. The molecular formula is C18H18N2O4. The molecule has 0 fully saturated rings. The van der Waals surface area contributed by atoms with Crippen molar-refractivity contribution in [2.75, 3.05) is 0 Å². The fraction of sp³-hybridized carbons (Fsp3) is 0.278. The summed E-state index contributed by atoms with van der Waals surface area (Å²) >= 11 is 0. The largest absolute Gasteiger partial charge is 0.479 e. The van der Waals surface area contributed by atoms with Crippen molar-refractivity contribution in [2.24, 2.45) is 7.05 Å². The minimum atomic E-state index is -1.02. The van der Waals surface area contributed by atoms with Gasteiger partial charge in [0.2, 0.25) is 0 Å². The second kappa shape index (κ2) is 6.31. The molecule has 6 heteroatoms. The highest BCUT2D eigenvalue weighted by atomic mass is 16.5. The van der Waals surface area contributed by atoms with Crippen LogP contribution in [-0.2, 0) is 18.3 Å². The summed E-state index contributed by atoms with van der Waals surface area (Å²) in [6.07, 6.45) is 3.94. The number of ether oxygens (including phenoxy) is 1. The van der Waals surface area contributed by atoms with Crippen molar-refractivity contribution in [1.29, 1.82) is 0 Å². The van der Waals surface area contributed by atoms with E-state index in [2.05, 4.69) is 5.10 Å². The fourth-order valence-corrected chi connectivity index (χ4v) is 2.76. The summed E-state index contributed by atoms with van der Waals surface area (Å²) in [5.41, 5.74) is 3.14. The summed E-state index contributed by atoms with van der Waals surface area (Å²) in [4.78, 5) is 23.4. The van der Waals surface area contributed by atoms with Crippen molar-refractivity contribution < 1.29 is 19.4 Å². The highest BCUT2D eigenvalue weighted by molar-refractivity contribution is 6.12. The molecule has 1 atom stereocenters. The number of fused-ring (bicyclic) bond motifs is 1. The van der Waals surface area contributed by atoms with E-state index in [0.29, 0.717) is 17.7 Å². The van der Waals surface area contributed by atoms with Crippen molar-refractivity contribution in [3.63, 3.8) is 0 Å². The van der Waals surface area contributed by atoms with Gasteiger partial charge < -0.3 is 9.84 Å². The quantitative estimate of drug-likeness (QED) is 0.873. The molecule has 1 aromatic heterocycles. The first-order valence-corrected chi connectivity index (χ1v) is 7.71. The van der Waals surface area contributed by atoms with Crippen LogP contribution in [0.2, 0.25) is 0 Å². The van der Waals surface area contributed by atoms with Crippen molar-refractivity contribution >= 4 is 17.8 Å². The number of carbonyl (C=O) groups is 2. The van der Waals surface area contributed by atoms with Crippen LogP contribution in [0.15, 0.2) is 36.0 Å². The van der Waals surface area contributed by atoms with Gasteiger partial charge in [-0.3, -0.25) is 9.48 Å². The highest BCUT2D eigenvalue weighted by Crippen LogP contribution is 2.27. The number of carboxylic acids is 1. The number of benzene rings is 1. The maximum Gasteiger partial charge on any atom is 0.344 e. The molecule has 0 aliphatic heterocycles. The molecule has 1 aliphatic rings. The molecular weight excluding hydrogens is 308 g/mol. The zero-order chi connectivity index (χ0) is 17.3. The van der Waals surface area contributed by atoms with E-state index in [1.54, 1.807) is 29.1 Å². The highest BCUT2D eigenvalue weighted by Gasteiger charge is 2.24. The molecule has 1 aliphatic carbocycles. The number of aromatic nitrogens is 2. The Kier molecular flexibility index (Phi) is 4.20. The standard InChI is InChI=1S/C18H18N2O4/c1-11(18(22)23)24-14-5-3-4-12(9-14)8-13-6-7-16-15(17(13)21)10-19-20(16)2/h3-5,8-11H,6-7H2,1-2H3,(H,22,23)/b13-8+/t11-/m0/s1. The van der Waals surface area contributed by atoms with Gasteiger partial charge in [0.25, 0.3) is 0 Å². The topological polar surface area (TPSA) is 81.4 Å². The molecule has 1 heterocycles. The van der Waals surface area contributed by atoms with Gasteiger partial charge in [0, 0.05) is 18.3 Å². The molecule has 0 saturated heterocycles. The third-order valence-corrected chi connectivity index (χ3v) is 4.09. The maximum atomic E-state index is 12.6. The number of aryl methyl sites for hydroxylation is 1. The first-order valence-electron chi connectivity index (χ1n) is 7.71. The molecule has 3 rings (SSSR count). The first-order chi connectivity index (χ1) is 11.5. The summed E-state index contributed by atoms with van der Waals surface area (Å²) < 4.78 is 7.11. The number of Topliss-reactive ketones (excluding diaryl/α,β-unsaturated/α-hetero) is 1. The Balaban J connectivity index is 1.84. The van der Waals surface area contributed by atoms with E-state index in [9.17, 15) is 9.59 Å². The number of ketones is 1. The molecule has 0 spiro atoms. The third-order valence-electron chi connectivity index (χ3n) is 4.09. The summed E-state index contributed by atoms with van der Waals surface area (Å²) in [5.74, 6) is -0.565. The lowest BCUT2D eigenvalue weighted by Crippen LogP contribution is -2.22. The van der Waals surface area contributed by atoms with E-state index in [4.69, 9.17) is 9.84 Å². The SMILES string of the molecule is C[C@H](Oc1cccc(/C=C2\CCc3c(cnn3C)C2=O)c1)C(=O)O. The van der Waals surface area contributed by atoms with E-state index in [0.717, 1.165) is 23.3 Å². The van der Waals surface area contributed by atoms with Gasteiger partial charge in [-0.05, 0) is 43.5 Å². The predicted molar refractivity (Wildman–Crippen MR) is 88.0 cm³/mol. The van der Waals surface area contributed by atoms with Gasteiger partial charge in [-0.25, -0.2) is 4.79 Å². The van der Waals surface area contributed by atoms with Crippen LogP contribution in [0.25, 0.3) is 6.08 Å².